The van der Waals surface area contributed by atoms with Gasteiger partial charge in [-0.05, 0) is 44.2 Å². The lowest BCUT2D eigenvalue weighted by Crippen LogP contribution is -2.68. The predicted octanol–water partition coefficient (Wildman–Crippen LogP) is 1.33. The summed E-state index contributed by atoms with van der Waals surface area (Å²) in [7, 11) is 5.37. The highest BCUT2D eigenvalue weighted by Gasteiger charge is 2.43. The highest BCUT2D eigenvalue weighted by Crippen LogP contribution is 2.23. The molecule has 0 radical (unpaired) electrons. The first-order valence-electron chi connectivity index (χ1n) is 11.8. The Morgan fingerprint density at radius 3 is 2.37 bits per heavy atom. The van der Waals surface area contributed by atoms with Crippen LogP contribution in [-0.2, 0) is 25.7 Å². The van der Waals surface area contributed by atoms with Crippen molar-refractivity contribution in [2.24, 2.45) is 0 Å². The first kappa shape index (κ1) is 30.1. The number of ether oxygens (including phenoxy) is 2. The number of amides is 3. The zero-order chi connectivity index (χ0) is 26.4. The fraction of sp³-hybridized carbons (Fsp3) is 0.560. The number of nitrogens with zero attached hydrogens (tertiary/aromatic N) is 4. The summed E-state index contributed by atoms with van der Waals surface area (Å²) in [5.41, 5.74) is 1.83. The van der Waals surface area contributed by atoms with Crippen LogP contribution in [0.3, 0.4) is 0 Å². The number of hydrazine groups is 1. The van der Waals surface area contributed by atoms with E-state index in [0.29, 0.717) is 44.7 Å². The molecule has 0 aliphatic carbocycles. The quantitative estimate of drug-likeness (QED) is 0.193. The van der Waals surface area contributed by atoms with Gasteiger partial charge in [0.15, 0.2) is 0 Å². The minimum absolute atomic E-state index is 0.199. The van der Waals surface area contributed by atoms with E-state index in [1.165, 1.54) is 15.5 Å². The summed E-state index contributed by atoms with van der Waals surface area (Å²) < 4.78 is 10.4. The van der Waals surface area contributed by atoms with Crippen LogP contribution in [0.4, 0.5) is 0 Å². The second kappa shape index (κ2) is 15.9. The molecule has 2 atom stereocenters. The second-order valence-electron chi connectivity index (χ2n) is 8.10. The lowest BCUT2D eigenvalue weighted by molar-refractivity contribution is -0.173. The van der Waals surface area contributed by atoms with Crippen LogP contribution >= 0.6 is 0 Å². The highest BCUT2D eigenvalue weighted by molar-refractivity contribution is 5.88. The van der Waals surface area contributed by atoms with Gasteiger partial charge in [0.2, 0.25) is 18.7 Å². The molecule has 1 aromatic carbocycles. The van der Waals surface area contributed by atoms with Crippen molar-refractivity contribution in [3.63, 3.8) is 0 Å². The van der Waals surface area contributed by atoms with Crippen LogP contribution in [-0.4, -0.2) is 105 Å². The summed E-state index contributed by atoms with van der Waals surface area (Å²) in [6.07, 6.45) is 0.712. The van der Waals surface area contributed by atoms with Crippen molar-refractivity contribution >= 4 is 18.7 Å². The number of rotatable bonds is 13. The van der Waals surface area contributed by atoms with E-state index in [4.69, 9.17) is 9.47 Å². The van der Waals surface area contributed by atoms with E-state index in [9.17, 15) is 14.4 Å². The van der Waals surface area contributed by atoms with E-state index in [1.54, 1.807) is 31.0 Å². The zero-order valence-electron chi connectivity index (χ0n) is 21.9. The van der Waals surface area contributed by atoms with Crippen molar-refractivity contribution in [2.45, 2.75) is 39.5 Å². The summed E-state index contributed by atoms with van der Waals surface area (Å²) >= 11 is 0. The minimum atomic E-state index is -0.782. The third-order valence-corrected chi connectivity index (χ3v) is 5.67. The topological polar surface area (TPSA) is 94.7 Å². The van der Waals surface area contributed by atoms with Crippen LogP contribution in [0.25, 0.3) is 0 Å². The molecular formula is C25H41N5O5. The fourth-order valence-electron chi connectivity index (χ4n) is 3.68. The maximum absolute atomic E-state index is 12.7. The van der Waals surface area contributed by atoms with E-state index < -0.39 is 12.2 Å². The number of hydrogen-bond acceptors (Lipinski definition) is 7. The number of nitrogens with one attached hydrogen (secondary N) is 1. The van der Waals surface area contributed by atoms with Crippen LogP contribution < -0.4 is 10.1 Å². The van der Waals surface area contributed by atoms with Gasteiger partial charge in [0.1, 0.15) is 18.0 Å². The summed E-state index contributed by atoms with van der Waals surface area (Å²) in [5.74, 6) is 0.709. The lowest BCUT2D eigenvalue weighted by Gasteiger charge is -2.49. The Balaban J connectivity index is 0.000000462. The van der Waals surface area contributed by atoms with Gasteiger partial charge in [-0.15, -0.1) is 0 Å². The summed E-state index contributed by atoms with van der Waals surface area (Å²) in [5, 5.41) is 6.22. The number of piperazine rings is 1. The molecule has 1 fully saturated rings. The van der Waals surface area contributed by atoms with Crippen LogP contribution in [0.15, 0.2) is 36.4 Å². The van der Waals surface area contributed by atoms with Gasteiger partial charge in [-0.25, -0.2) is 5.01 Å². The van der Waals surface area contributed by atoms with Crippen molar-refractivity contribution in [3.8, 4) is 5.75 Å². The van der Waals surface area contributed by atoms with Gasteiger partial charge in [-0.2, -0.15) is 0 Å². The summed E-state index contributed by atoms with van der Waals surface area (Å²) in [4.78, 5) is 38.9. The molecule has 10 heteroatoms. The molecule has 1 unspecified atom stereocenters. The predicted molar refractivity (Wildman–Crippen MR) is 135 cm³/mol. The standard InChI is InChI=1S/C16H28N4O4.C9H13NO/c1-6-17(5)20(12-22)14-10-18(8-9-24-7-2)16(23)15(13(3)4)19(14)11-21;1-10-7-8-3-5-9(11-2)6-4-8/h11-12,14-15H,3,6-10H2,1-2,4-5H3;3-6,10H,7H2,1-2H3/t14?,15-;/m0./s1. The molecule has 0 aromatic heterocycles. The van der Waals surface area contributed by atoms with Gasteiger partial charge in [0.25, 0.3) is 0 Å². The Morgan fingerprint density at radius 2 is 1.91 bits per heavy atom. The van der Waals surface area contributed by atoms with Crippen LogP contribution in [0.1, 0.15) is 26.3 Å². The number of hydrogen-bond donors (Lipinski definition) is 1. The average Bonchev–Trinajstić information content (AvgIpc) is 2.86. The van der Waals surface area contributed by atoms with Crippen molar-refractivity contribution in [1.82, 2.24) is 25.1 Å². The smallest absolute Gasteiger partial charge is 0.249 e. The molecule has 1 aromatic rings. The van der Waals surface area contributed by atoms with Crippen molar-refractivity contribution < 1.29 is 23.9 Å². The molecule has 0 bridgehead atoms. The minimum Gasteiger partial charge on any atom is -0.497 e. The number of carbonyl (C=O) groups excluding carboxylic acids is 3. The molecule has 1 N–H and O–H groups in total. The molecule has 2 rings (SSSR count). The Hall–Kier alpha value is -2.95. The van der Waals surface area contributed by atoms with Crippen molar-refractivity contribution in [2.75, 3.05) is 54.1 Å². The van der Waals surface area contributed by atoms with Gasteiger partial charge >= 0.3 is 0 Å². The van der Waals surface area contributed by atoms with Gasteiger partial charge in [0.05, 0.1) is 20.3 Å². The number of carbonyl (C=O) groups is 3. The Bertz CT molecular complexity index is 804. The van der Waals surface area contributed by atoms with Crippen LogP contribution in [0, 0.1) is 0 Å². The normalized spacial score (nSPS) is 17.5. The third-order valence-electron chi connectivity index (χ3n) is 5.67. The molecule has 196 valence electrons. The van der Waals surface area contributed by atoms with Crippen molar-refractivity contribution in [3.05, 3.63) is 42.0 Å². The van der Waals surface area contributed by atoms with E-state index in [1.807, 2.05) is 33.0 Å². The molecular weight excluding hydrogens is 450 g/mol. The average molecular weight is 492 g/mol. The molecule has 1 heterocycles. The van der Waals surface area contributed by atoms with E-state index in [0.717, 1.165) is 12.3 Å². The highest BCUT2D eigenvalue weighted by atomic mass is 16.5. The van der Waals surface area contributed by atoms with Gasteiger partial charge in [0, 0.05) is 33.3 Å². The first-order chi connectivity index (χ1) is 16.8. The summed E-state index contributed by atoms with van der Waals surface area (Å²) in [6.45, 7) is 12.4. The Kier molecular flexibility index (Phi) is 13.6. The van der Waals surface area contributed by atoms with Crippen molar-refractivity contribution in [1.29, 1.82) is 0 Å². The Labute approximate surface area is 209 Å². The maximum Gasteiger partial charge on any atom is 0.249 e. The second-order valence-corrected chi connectivity index (χ2v) is 8.10. The zero-order valence-corrected chi connectivity index (χ0v) is 21.9. The van der Waals surface area contributed by atoms with E-state index in [2.05, 4.69) is 24.0 Å². The third kappa shape index (κ3) is 8.65. The fourth-order valence-corrected chi connectivity index (χ4v) is 3.68. The molecule has 1 aliphatic heterocycles. The molecule has 10 nitrogen and oxygen atoms in total. The van der Waals surface area contributed by atoms with Gasteiger partial charge in [-0.3, -0.25) is 19.4 Å². The van der Waals surface area contributed by atoms with Gasteiger partial charge < -0.3 is 24.6 Å². The molecule has 0 saturated carbocycles. The molecule has 1 aliphatic rings. The molecule has 1 saturated heterocycles. The lowest BCUT2D eigenvalue weighted by atomic mass is 10.0. The van der Waals surface area contributed by atoms with Crippen LogP contribution in [0.2, 0.25) is 0 Å². The Morgan fingerprint density at radius 1 is 1.26 bits per heavy atom. The number of methoxy groups -OCH3 is 1. The molecule has 0 spiro atoms. The first-order valence-corrected chi connectivity index (χ1v) is 11.8. The largest absolute Gasteiger partial charge is 0.497 e. The van der Waals surface area contributed by atoms with Gasteiger partial charge in [-0.1, -0.05) is 25.6 Å². The van der Waals surface area contributed by atoms with Crippen LogP contribution in [0.5, 0.6) is 5.75 Å². The molecule has 3 amide bonds. The summed E-state index contributed by atoms with van der Waals surface area (Å²) in [6, 6.07) is 7.25. The van der Waals surface area contributed by atoms with E-state index in [-0.39, 0.29) is 12.5 Å². The monoisotopic (exact) mass is 491 g/mol. The maximum atomic E-state index is 12.7. The SMILES string of the molecule is C=C(C)[C@H]1C(=O)N(CCOCC)CC(N(C=O)N(C)CC)N1C=O.CNCc1ccc(OC)cc1. The number of benzene rings is 1. The van der Waals surface area contributed by atoms with E-state index >= 15 is 0 Å². The molecule has 35 heavy (non-hydrogen) atoms.